The first-order valence-corrected chi connectivity index (χ1v) is 11.3. The zero-order valence-corrected chi connectivity index (χ0v) is 18.3. The summed E-state index contributed by atoms with van der Waals surface area (Å²) in [6.07, 6.45) is 3.40. The van der Waals surface area contributed by atoms with E-state index < -0.39 is 7.12 Å². The summed E-state index contributed by atoms with van der Waals surface area (Å²) in [6, 6.07) is 27.9. The smallest absolute Gasteiger partial charge is 0.456 e. The minimum absolute atomic E-state index is 0.511. The van der Waals surface area contributed by atoms with E-state index in [1.165, 1.54) is 0 Å². The fraction of sp³-hybridized carbons (Fsp3) is 0.0714. The molecule has 6 heteroatoms. The first-order chi connectivity index (χ1) is 16.7. The van der Waals surface area contributed by atoms with Crippen LogP contribution in [-0.4, -0.2) is 27.1 Å². The molecule has 0 bridgehead atoms. The standard InChI is InChI=1S/C28H21BN2O3/c32-29(33)23-16-8-14-21-20-13-7-15-22(26(20)34-27(21)23)25-17-24(18-9-3-1-4-10-18)30-28(31-25)19-11-5-2-6-12-19/h1-7,9-15,17,32-33H,8,16H2. The number of rotatable bonds is 4. The molecule has 164 valence electrons. The Balaban J connectivity index is 1.64. The fourth-order valence-electron chi connectivity index (χ4n) is 4.57. The van der Waals surface area contributed by atoms with Gasteiger partial charge in [0.1, 0.15) is 11.0 Å². The van der Waals surface area contributed by atoms with Crippen LogP contribution in [0.4, 0.5) is 0 Å². The van der Waals surface area contributed by atoms with Gasteiger partial charge in [-0.1, -0.05) is 78.9 Å². The van der Waals surface area contributed by atoms with Gasteiger partial charge in [0.15, 0.2) is 5.82 Å². The van der Waals surface area contributed by atoms with Crippen LogP contribution in [0.2, 0.25) is 0 Å². The van der Waals surface area contributed by atoms with Gasteiger partial charge in [0.25, 0.3) is 0 Å². The number of hydrogen-bond donors (Lipinski definition) is 2. The van der Waals surface area contributed by atoms with Crippen LogP contribution >= 0.6 is 0 Å². The molecule has 0 unspecified atom stereocenters. The summed E-state index contributed by atoms with van der Waals surface area (Å²) in [6.45, 7) is 0. The van der Waals surface area contributed by atoms with Crippen molar-refractivity contribution in [2.45, 2.75) is 12.8 Å². The van der Waals surface area contributed by atoms with Crippen molar-refractivity contribution in [1.29, 1.82) is 0 Å². The minimum atomic E-state index is -1.54. The van der Waals surface area contributed by atoms with E-state index in [4.69, 9.17) is 14.4 Å². The summed E-state index contributed by atoms with van der Waals surface area (Å²) in [4.78, 5) is 9.78. The molecule has 0 atom stereocenters. The van der Waals surface area contributed by atoms with Crippen LogP contribution in [0.5, 0.6) is 0 Å². The maximum atomic E-state index is 9.88. The molecule has 5 nitrogen and oxygen atoms in total. The quantitative estimate of drug-likeness (QED) is 0.411. The molecule has 0 saturated heterocycles. The number of hydrogen-bond acceptors (Lipinski definition) is 5. The van der Waals surface area contributed by atoms with Crippen molar-refractivity contribution in [3.63, 3.8) is 0 Å². The maximum Gasteiger partial charge on any atom is 0.488 e. The Hall–Kier alpha value is -4.00. The summed E-state index contributed by atoms with van der Waals surface area (Å²) >= 11 is 0. The molecule has 1 aliphatic carbocycles. The van der Waals surface area contributed by atoms with Crippen LogP contribution in [0.1, 0.15) is 12.8 Å². The topological polar surface area (TPSA) is 79.4 Å². The SMILES string of the molecule is OB(O)C1=c2oc3c(-c4cc(-c5ccccc5)nc(-c5ccccc5)n4)cccc3c2=CCC1. The lowest BCUT2D eigenvalue weighted by atomic mass is 9.75. The lowest BCUT2D eigenvalue weighted by molar-refractivity contribution is 0.422. The van der Waals surface area contributed by atoms with Crippen molar-refractivity contribution in [3.05, 3.63) is 95.6 Å². The van der Waals surface area contributed by atoms with Gasteiger partial charge in [-0.15, -0.1) is 0 Å². The second-order valence-electron chi connectivity index (χ2n) is 8.36. The monoisotopic (exact) mass is 444 g/mol. The van der Waals surface area contributed by atoms with E-state index in [9.17, 15) is 10.0 Å². The third-order valence-electron chi connectivity index (χ3n) is 6.22. The molecule has 0 radical (unpaired) electrons. The van der Waals surface area contributed by atoms with Gasteiger partial charge < -0.3 is 14.5 Å². The average Bonchev–Trinajstić information content (AvgIpc) is 3.28. The molecule has 0 aliphatic heterocycles. The van der Waals surface area contributed by atoms with E-state index in [-0.39, 0.29) is 0 Å². The third kappa shape index (κ3) is 3.54. The summed E-state index contributed by atoms with van der Waals surface area (Å²) in [5.41, 5.74) is 6.07. The van der Waals surface area contributed by atoms with Gasteiger partial charge in [-0.05, 0) is 25.0 Å². The molecule has 0 amide bonds. The lowest BCUT2D eigenvalue weighted by Gasteiger charge is -2.09. The Morgan fingerprint density at radius 3 is 2.21 bits per heavy atom. The fourth-order valence-corrected chi connectivity index (χ4v) is 4.57. The Morgan fingerprint density at radius 2 is 1.47 bits per heavy atom. The molecule has 1 aliphatic rings. The Bertz CT molecular complexity index is 1570. The van der Waals surface area contributed by atoms with Crippen LogP contribution < -0.4 is 10.6 Å². The van der Waals surface area contributed by atoms with Crippen molar-refractivity contribution >= 4 is 29.6 Å². The van der Waals surface area contributed by atoms with Gasteiger partial charge >= 0.3 is 7.12 Å². The molecule has 5 aromatic rings. The van der Waals surface area contributed by atoms with Crippen LogP contribution in [-0.2, 0) is 0 Å². The van der Waals surface area contributed by atoms with E-state index >= 15 is 0 Å². The largest absolute Gasteiger partial charge is 0.488 e. The van der Waals surface area contributed by atoms with Crippen LogP contribution in [0, 0.1) is 0 Å². The van der Waals surface area contributed by atoms with Gasteiger partial charge in [0.2, 0.25) is 0 Å². The number of nitrogens with zero attached hydrogens (tertiary/aromatic N) is 2. The highest BCUT2D eigenvalue weighted by Crippen LogP contribution is 2.31. The summed E-state index contributed by atoms with van der Waals surface area (Å²) in [7, 11) is -1.54. The van der Waals surface area contributed by atoms with Gasteiger partial charge in [-0.25, -0.2) is 9.97 Å². The van der Waals surface area contributed by atoms with Crippen molar-refractivity contribution in [2.75, 3.05) is 0 Å². The van der Waals surface area contributed by atoms with Gasteiger partial charge in [-0.3, -0.25) is 0 Å². The number of aromatic nitrogens is 2. The Morgan fingerprint density at radius 1 is 0.765 bits per heavy atom. The van der Waals surface area contributed by atoms with Crippen molar-refractivity contribution < 1.29 is 14.5 Å². The van der Waals surface area contributed by atoms with Gasteiger partial charge in [0.05, 0.1) is 11.4 Å². The van der Waals surface area contributed by atoms with E-state index in [0.29, 0.717) is 28.7 Å². The van der Waals surface area contributed by atoms with Gasteiger partial charge in [0, 0.05) is 32.8 Å². The highest BCUT2D eigenvalue weighted by Gasteiger charge is 2.22. The third-order valence-corrected chi connectivity index (χ3v) is 6.22. The van der Waals surface area contributed by atoms with Crippen molar-refractivity contribution in [2.24, 2.45) is 0 Å². The first-order valence-electron chi connectivity index (χ1n) is 11.3. The number of fused-ring (bicyclic) bond motifs is 3. The van der Waals surface area contributed by atoms with E-state index in [2.05, 4.69) is 6.08 Å². The number of furan rings is 1. The number of benzene rings is 3. The molecule has 0 saturated carbocycles. The second-order valence-corrected chi connectivity index (χ2v) is 8.36. The highest BCUT2D eigenvalue weighted by molar-refractivity contribution is 6.63. The molecule has 2 heterocycles. The lowest BCUT2D eigenvalue weighted by Crippen LogP contribution is -2.32. The molecule has 2 N–H and O–H groups in total. The van der Waals surface area contributed by atoms with E-state index in [1.807, 2.05) is 84.9 Å². The first kappa shape index (κ1) is 20.6. The predicted molar refractivity (Wildman–Crippen MR) is 135 cm³/mol. The van der Waals surface area contributed by atoms with E-state index in [0.717, 1.165) is 45.1 Å². The minimum Gasteiger partial charge on any atom is -0.456 e. The summed E-state index contributed by atoms with van der Waals surface area (Å²) in [5, 5.41) is 21.6. The molecule has 0 fully saturated rings. The Kier molecular flexibility index (Phi) is 5.10. The van der Waals surface area contributed by atoms with Crippen LogP contribution in [0.3, 0.4) is 0 Å². The summed E-state index contributed by atoms with van der Waals surface area (Å²) in [5.74, 6) is 0.634. The zero-order valence-electron chi connectivity index (χ0n) is 18.3. The van der Waals surface area contributed by atoms with Crippen LogP contribution in [0.25, 0.3) is 56.4 Å². The Labute approximate surface area is 196 Å². The molecule has 2 aromatic heterocycles. The molecular formula is C28H21BN2O3. The highest BCUT2D eigenvalue weighted by atomic mass is 16.4. The normalized spacial score (nSPS) is 12.9. The molecule has 0 spiro atoms. The molecule has 6 rings (SSSR count). The number of para-hydroxylation sites is 1. The van der Waals surface area contributed by atoms with Crippen molar-refractivity contribution in [1.82, 2.24) is 9.97 Å². The second kappa shape index (κ2) is 8.41. The average molecular weight is 444 g/mol. The molecular weight excluding hydrogens is 423 g/mol. The predicted octanol–water partition coefficient (Wildman–Crippen LogP) is 3.96. The van der Waals surface area contributed by atoms with Crippen molar-refractivity contribution in [3.8, 4) is 33.9 Å². The van der Waals surface area contributed by atoms with Crippen LogP contribution in [0.15, 0.2) is 89.3 Å². The zero-order chi connectivity index (χ0) is 23.1. The molecule has 34 heavy (non-hydrogen) atoms. The summed E-state index contributed by atoms with van der Waals surface area (Å²) < 4.78 is 6.29. The molecule has 3 aromatic carbocycles. The van der Waals surface area contributed by atoms with E-state index in [1.54, 1.807) is 0 Å². The maximum absolute atomic E-state index is 9.88. The van der Waals surface area contributed by atoms with Gasteiger partial charge in [-0.2, -0.15) is 0 Å².